The largest absolute Gasteiger partial charge is 0.492 e. The van der Waals surface area contributed by atoms with E-state index < -0.39 is 11.7 Å². The molecular formula is C18H23F3N4O. The summed E-state index contributed by atoms with van der Waals surface area (Å²) in [6.07, 6.45) is -2.40. The molecule has 0 amide bonds. The molecule has 0 fully saturated rings. The summed E-state index contributed by atoms with van der Waals surface area (Å²) in [5, 5.41) is 3.14. The first-order chi connectivity index (χ1) is 12.3. The summed E-state index contributed by atoms with van der Waals surface area (Å²) >= 11 is 0. The molecule has 8 heteroatoms. The van der Waals surface area contributed by atoms with Gasteiger partial charge in [0.1, 0.15) is 12.4 Å². The number of alkyl halides is 3. The molecule has 1 aromatic carbocycles. The van der Waals surface area contributed by atoms with Crippen LogP contribution in [0.2, 0.25) is 0 Å². The number of nitrogens with one attached hydrogen (secondary N) is 1. The normalized spacial score (nSPS) is 12.2. The number of guanidine groups is 1. The molecule has 0 saturated heterocycles. The van der Waals surface area contributed by atoms with Gasteiger partial charge in [-0.25, -0.2) is 0 Å². The molecule has 0 atom stereocenters. The zero-order chi connectivity index (χ0) is 19.2. The highest BCUT2D eigenvalue weighted by Gasteiger charge is 2.30. The number of aryl methyl sites for hydroxylation is 1. The Morgan fingerprint density at radius 2 is 2.04 bits per heavy atom. The zero-order valence-electron chi connectivity index (χ0n) is 15.0. The van der Waals surface area contributed by atoms with Crippen LogP contribution < -0.4 is 10.1 Å². The van der Waals surface area contributed by atoms with Crippen molar-refractivity contribution in [1.82, 2.24) is 14.8 Å². The van der Waals surface area contributed by atoms with Gasteiger partial charge in [0, 0.05) is 33.0 Å². The molecule has 1 heterocycles. The lowest BCUT2D eigenvalue weighted by molar-refractivity contribution is -0.137. The van der Waals surface area contributed by atoms with Gasteiger partial charge >= 0.3 is 6.18 Å². The van der Waals surface area contributed by atoms with E-state index in [9.17, 15) is 13.2 Å². The molecule has 1 aromatic heterocycles. The van der Waals surface area contributed by atoms with Crippen molar-refractivity contribution in [2.24, 2.45) is 12.0 Å². The molecule has 26 heavy (non-hydrogen) atoms. The highest BCUT2D eigenvalue weighted by Crippen LogP contribution is 2.31. The monoisotopic (exact) mass is 368 g/mol. The van der Waals surface area contributed by atoms with Gasteiger partial charge in [-0.2, -0.15) is 13.2 Å². The summed E-state index contributed by atoms with van der Waals surface area (Å²) in [4.78, 5) is 6.16. The van der Waals surface area contributed by atoms with Crippen LogP contribution in [0.3, 0.4) is 0 Å². The van der Waals surface area contributed by atoms with Gasteiger partial charge in [0.15, 0.2) is 5.96 Å². The maximum Gasteiger partial charge on any atom is 0.416 e. The molecule has 2 aromatic rings. The first-order valence-electron chi connectivity index (χ1n) is 8.13. The number of benzene rings is 1. The lowest BCUT2D eigenvalue weighted by atomic mass is 10.2. The Morgan fingerprint density at radius 1 is 1.27 bits per heavy atom. The second kappa shape index (κ2) is 8.64. The third-order valence-corrected chi connectivity index (χ3v) is 3.84. The number of aliphatic imine (C=N–C) groups is 1. The van der Waals surface area contributed by atoms with Gasteiger partial charge in [-0.15, -0.1) is 0 Å². The van der Waals surface area contributed by atoms with E-state index in [0.717, 1.165) is 17.8 Å². The Kier molecular flexibility index (Phi) is 6.54. The Hall–Kier alpha value is -2.64. The standard InChI is InChI=1S/C18H23F3N4O/c1-22-17(25(3)13-15-7-5-10-24(15)2)23-9-11-26-16-8-4-6-14(12-16)18(19,20)21/h4-8,10,12H,9,11,13H2,1-3H3,(H,22,23). The van der Waals surface area contributed by atoms with Gasteiger partial charge in [0.2, 0.25) is 0 Å². The average molecular weight is 368 g/mol. The van der Waals surface area contributed by atoms with Crippen molar-refractivity contribution in [2.45, 2.75) is 12.7 Å². The van der Waals surface area contributed by atoms with Crippen molar-refractivity contribution in [3.63, 3.8) is 0 Å². The molecule has 0 unspecified atom stereocenters. The summed E-state index contributed by atoms with van der Waals surface area (Å²) in [5.74, 6) is 0.868. The fourth-order valence-corrected chi connectivity index (χ4v) is 2.46. The van der Waals surface area contributed by atoms with Crippen LogP contribution in [0, 0.1) is 0 Å². The zero-order valence-corrected chi connectivity index (χ0v) is 15.0. The highest BCUT2D eigenvalue weighted by molar-refractivity contribution is 5.79. The highest BCUT2D eigenvalue weighted by atomic mass is 19.4. The molecular weight excluding hydrogens is 345 g/mol. The van der Waals surface area contributed by atoms with Crippen molar-refractivity contribution in [3.8, 4) is 5.75 Å². The van der Waals surface area contributed by atoms with E-state index in [1.165, 1.54) is 12.1 Å². The third kappa shape index (κ3) is 5.44. The summed E-state index contributed by atoms with van der Waals surface area (Å²) in [6, 6.07) is 8.86. The molecule has 2 rings (SSSR count). The smallest absolute Gasteiger partial charge is 0.416 e. The van der Waals surface area contributed by atoms with Crippen molar-refractivity contribution in [2.75, 3.05) is 27.2 Å². The van der Waals surface area contributed by atoms with Gasteiger partial charge in [0.25, 0.3) is 0 Å². The fraction of sp³-hybridized carbons (Fsp3) is 0.389. The number of nitrogens with zero attached hydrogens (tertiary/aromatic N) is 3. The van der Waals surface area contributed by atoms with Gasteiger partial charge in [-0.3, -0.25) is 4.99 Å². The summed E-state index contributed by atoms with van der Waals surface area (Å²) in [7, 11) is 5.57. The van der Waals surface area contributed by atoms with Crippen LogP contribution in [-0.2, 0) is 19.8 Å². The molecule has 142 valence electrons. The van der Waals surface area contributed by atoms with Crippen LogP contribution in [0.5, 0.6) is 5.75 Å². The van der Waals surface area contributed by atoms with Crippen LogP contribution in [-0.4, -0.2) is 42.7 Å². The molecule has 0 spiro atoms. The lowest BCUT2D eigenvalue weighted by Crippen LogP contribution is -2.40. The number of aromatic nitrogens is 1. The van der Waals surface area contributed by atoms with E-state index in [1.807, 2.05) is 41.9 Å². The number of hydrogen-bond donors (Lipinski definition) is 1. The van der Waals surface area contributed by atoms with Crippen molar-refractivity contribution >= 4 is 5.96 Å². The molecule has 0 saturated carbocycles. The van der Waals surface area contributed by atoms with Crippen molar-refractivity contribution in [3.05, 3.63) is 53.9 Å². The molecule has 0 aliphatic heterocycles. The van der Waals surface area contributed by atoms with Gasteiger partial charge in [-0.1, -0.05) is 6.07 Å². The average Bonchev–Trinajstić information content (AvgIpc) is 2.99. The van der Waals surface area contributed by atoms with Crippen molar-refractivity contribution in [1.29, 1.82) is 0 Å². The van der Waals surface area contributed by atoms with Crippen LogP contribution in [0.1, 0.15) is 11.3 Å². The maximum absolute atomic E-state index is 12.7. The quantitative estimate of drug-likeness (QED) is 0.484. The molecule has 0 radical (unpaired) electrons. The second-order valence-corrected chi connectivity index (χ2v) is 5.81. The van der Waals surface area contributed by atoms with Gasteiger partial charge < -0.3 is 19.5 Å². The van der Waals surface area contributed by atoms with Gasteiger partial charge in [0.05, 0.1) is 18.7 Å². The Labute approximate surface area is 151 Å². The molecule has 0 aliphatic rings. The van der Waals surface area contributed by atoms with E-state index in [4.69, 9.17) is 4.74 Å². The second-order valence-electron chi connectivity index (χ2n) is 5.81. The summed E-state index contributed by atoms with van der Waals surface area (Å²) in [6.45, 7) is 1.32. The van der Waals surface area contributed by atoms with Gasteiger partial charge in [-0.05, 0) is 30.3 Å². The first-order valence-corrected chi connectivity index (χ1v) is 8.13. The predicted octanol–water partition coefficient (Wildman–Crippen LogP) is 3.13. The SMILES string of the molecule is CN=C(NCCOc1cccc(C(F)(F)F)c1)N(C)Cc1cccn1C. The summed E-state index contributed by atoms with van der Waals surface area (Å²) < 4.78 is 45.5. The molecule has 0 bridgehead atoms. The number of halogens is 3. The minimum Gasteiger partial charge on any atom is -0.492 e. The predicted molar refractivity (Wildman–Crippen MR) is 95.2 cm³/mol. The number of hydrogen-bond acceptors (Lipinski definition) is 2. The van der Waals surface area contributed by atoms with Crippen LogP contribution in [0.15, 0.2) is 47.6 Å². The van der Waals surface area contributed by atoms with E-state index in [0.29, 0.717) is 19.0 Å². The Morgan fingerprint density at radius 3 is 2.65 bits per heavy atom. The van der Waals surface area contributed by atoms with E-state index in [2.05, 4.69) is 10.3 Å². The van der Waals surface area contributed by atoms with Crippen LogP contribution in [0.4, 0.5) is 13.2 Å². The minimum absolute atomic E-state index is 0.189. The number of ether oxygens (including phenoxy) is 1. The molecule has 1 N–H and O–H groups in total. The first kappa shape index (κ1) is 19.7. The molecule has 0 aliphatic carbocycles. The van der Waals surface area contributed by atoms with E-state index in [1.54, 1.807) is 7.05 Å². The third-order valence-electron chi connectivity index (χ3n) is 3.84. The topological polar surface area (TPSA) is 41.8 Å². The fourth-order valence-electron chi connectivity index (χ4n) is 2.46. The van der Waals surface area contributed by atoms with E-state index >= 15 is 0 Å². The minimum atomic E-state index is -4.38. The maximum atomic E-state index is 12.7. The Balaban J connectivity index is 1.82. The Bertz CT molecular complexity index is 740. The van der Waals surface area contributed by atoms with Crippen LogP contribution in [0.25, 0.3) is 0 Å². The van der Waals surface area contributed by atoms with Crippen LogP contribution >= 0.6 is 0 Å². The van der Waals surface area contributed by atoms with E-state index in [-0.39, 0.29) is 12.4 Å². The number of rotatable bonds is 6. The van der Waals surface area contributed by atoms with Crippen molar-refractivity contribution < 1.29 is 17.9 Å². The summed E-state index contributed by atoms with van der Waals surface area (Å²) in [5.41, 5.74) is 0.414. The lowest BCUT2D eigenvalue weighted by Gasteiger charge is -2.22. The molecule has 5 nitrogen and oxygen atoms in total.